The average molecular weight is 640 g/mol. The highest BCUT2D eigenvalue weighted by atomic mass is 35.5. The Morgan fingerprint density at radius 2 is 1.89 bits per heavy atom. The van der Waals surface area contributed by atoms with E-state index in [1.165, 1.54) is 31.5 Å². The number of halogens is 2. The van der Waals surface area contributed by atoms with Crippen molar-refractivity contribution in [3.8, 4) is 11.3 Å². The van der Waals surface area contributed by atoms with Gasteiger partial charge in [0, 0.05) is 68.4 Å². The molecule has 15 heteroatoms. The number of ether oxygens (including phenoxy) is 1. The summed E-state index contributed by atoms with van der Waals surface area (Å²) in [5, 5.41) is 18.3. The van der Waals surface area contributed by atoms with E-state index in [-0.39, 0.29) is 47.7 Å². The lowest BCUT2D eigenvalue weighted by molar-refractivity contribution is -0.145. The van der Waals surface area contributed by atoms with Gasteiger partial charge in [-0.15, -0.1) is 10.2 Å². The number of aromatic nitrogens is 4. The minimum absolute atomic E-state index is 0.0470. The van der Waals surface area contributed by atoms with Crippen molar-refractivity contribution in [2.45, 2.75) is 39.3 Å². The van der Waals surface area contributed by atoms with Crippen LogP contribution in [0.3, 0.4) is 0 Å². The summed E-state index contributed by atoms with van der Waals surface area (Å²) in [6.45, 7) is 7.77. The van der Waals surface area contributed by atoms with Crippen molar-refractivity contribution in [2.24, 2.45) is 5.41 Å². The van der Waals surface area contributed by atoms with Crippen LogP contribution in [0, 0.1) is 11.2 Å². The van der Waals surface area contributed by atoms with Crippen LogP contribution < -0.4 is 20.9 Å². The number of carbonyl (C=O) groups is 3. The lowest BCUT2D eigenvalue weighted by Crippen LogP contribution is -2.54. The minimum Gasteiger partial charge on any atom is -0.457 e. The third kappa shape index (κ3) is 7.52. The van der Waals surface area contributed by atoms with Crippen molar-refractivity contribution in [1.82, 2.24) is 30.4 Å². The van der Waals surface area contributed by atoms with E-state index in [0.29, 0.717) is 41.6 Å². The molecule has 2 aliphatic heterocycles. The van der Waals surface area contributed by atoms with Gasteiger partial charge in [0.05, 0.1) is 11.4 Å². The quantitative estimate of drug-likeness (QED) is 0.221. The second-order valence-corrected chi connectivity index (χ2v) is 12.2. The first-order valence-corrected chi connectivity index (χ1v) is 14.9. The summed E-state index contributed by atoms with van der Waals surface area (Å²) in [4.78, 5) is 50.0. The predicted molar refractivity (Wildman–Crippen MR) is 167 cm³/mol. The largest absolute Gasteiger partial charge is 0.457 e. The van der Waals surface area contributed by atoms with Gasteiger partial charge in [-0.05, 0) is 45.0 Å². The Hall–Kier alpha value is -4.27. The molecule has 1 amide bonds. The topological polar surface area (TPSA) is 155 Å². The lowest BCUT2D eigenvalue weighted by Gasteiger charge is -2.35. The third-order valence-electron chi connectivity index (χ3n) is 7.78. The molecule has 2 saturated heterocycles. The Labute approximate surface area is 264 Å². The monoisotopic (exact) mass is 639 g/mol. The van der Waals surface area contributed by atoms with E-state index in [1.807, 2.05) is 0 Å². The zero-order chi connectivity index (χ0) is 32.3. The van der Waals surface area contributed by atoms with Gasteiger partial charge in [-0.25, -0.2) is 14.4 Å². The highest BCUT2D eigenvalue weighted by Crippen LogP contribution is 2.34. The standard InChI is InChI=1S/C30H35ClFN9O4/c1-17-12-41(13-18(2)35-17)8-7-27(43)37-26-11-25(33-16-34-26)36-23-10-22(20-9-19(31)5-6-21(20)32)38-39-28(23)40(4)15-30(3)24(42)14-45-29(30)44/h5-6,9-11,16-18,35H,7-8,12-15H2,1-4H3,(H2,33,34,36,37,38,43). The summed E-state index contributed by atoms with van der Waals surface area (Å²) < 4.78 is 19.7. The van der Waals surface area contributed by atoms with Crippen molar-refractivity contribution in [1.29, 1.82) is 0 Å². The molecule has 3 unspecified atom stereocenters. The van der Waals surface area contributed by atoms with E-state index in [0.717, 1.165) is 13.1 Å². The number of cyclic esters (lactones) is 1. The number of anilines is 4. The number of Topliss-reactive ketones (excluding diaryl/α,β-unsaturated/α-hetero) is 1. The van der Waals surface area contributed by atoms with Crippen LogP contribution in [0.15, 0.2) is 36.7 Å². The van der Waals surface area contributed by atoms with Crippen LogP contribution in [0.2, 0.25) is 5.02 Å². The fourth-order valence-corrected chi connectivity index (χ4v) is 5.74. The van der Waals surface area contributed by atoms with E-state index in [9.17, 15) is 18.8 Å². The van der Waals surface area contributed by atoms with Crippen LogP contribution in [0.5, 0.6) is 0 Å². The summed E-state index contributed by atoms with van der Waals surface area (Å²) in [6.07, 6.45) is 1.59. The van der Waals surface area contributed by atoms with E-state index in [1.54, 1.807) is 24.1 Å². The average Bonchev–Trinajstić information content (AvgIpc) is 3.23. The van der Waals surface area contributed by atoms with Crippen molar-refractivity contribution >= 4 is 52.4 Å². The van der Waals surface area contributed by atoms with Gasteiger partial charge < -0.3 is 25.6 Å². The third-order valence-corrected chi connectivity index (χ3v) is 8.01. The molecule has 45 heavy (non-hydrogen) atoms. The Balaban J connectivity index is 1.37. The highest BCUT2D eigenvalue weighted by molar-refractivity contribution is 6.30. The second-order valence-electron chi connectivity index (χ2n) is 11.7. The molecule has 13 nitrogen and oxygen atoms in total. The fourth-order valence-electron chi connectivity index (χ4n) is 5.57. The minimum atomic E-state index is -1.40. The second kappa shape index (κ2) is 13.4. The Kier molecular flexibility index (Phi) is 9.56. The molecule has 3 aromatic rings. The van der Waals surface area contributed by atoms with E-state index in [2.05, 4.69) is 54.9 Å². The Morgan fingerprint density at radius 1 is 1.16 bits per heavy atom. The molecule has 0 spiro atoms. The molecule has 3 N–H and O–H groups in total. The van der Waals surface area contributed by atoms with Crippen molar-refractivity contribution in [2.75, 3.05) is 55.4 Å². The normalized spacial score (nSPS) is 21.8. The molecule has 238 valence electrons. The lowest BCUT2D eigenvalue weighted by atomic mass is 9.87. The van der Waals surface area contributed by atoms with Crippen molar-refractivity contribution in [3.63, 3.8) is 0 Å². The van der Waals surface area contributed by atoms with Gasteiger partial charge in [0.1, 0.15) is 29.2 Å². The maximum absolute atomic E-state index is 14.8. The zero-order valence-electron chi connectivity index (χ0n) is 25.4. The Morgan fingerprint density at radius 3 is 2.60 bits per heavy atom. The molecule has 0 aliphatic carbocycles. The summed E-state index contributed by atoms with van der Waals surface area (Å²) in [5.74, 6) is -0.891. The van der Waals surface area contributed by atoms with Gasteiger partial charge >= 0.3 is 5.97 Å². The van der Waals surface area contributed by atoms with Crippen molar-refractivity contribution < 1.29 is 23.5 Å². The molecule has 1 aromatic carbocycles. The first-order chi connectivity index (χ1) is 21.4. The maximum atomic E-state index is 14.8. The molecular weight excluding hydrogens is 605 g/mol. The number of piperazine rings is 1. The van der Waals surface area contributed by atoms with Gasteiger partial charge in [0.15, 0.2) is 18.2 Å². The molecule has 0 bridgehead atoms. The first kappa shape index (κ1) is 32.1. The van der Waals surface area contributed by atoms with E-state index >= 15 is 0 Å². The molecule has 2 aliphatic rings. The number of amides is 1. The number of hydrogen-bond donors (Lipinski definition) is 3. The SMILES string of the molecule is CC1CN(CCC(=O)Nc2cc(Nc3cc(-c4cc(Cl)ccc4F)nnc3N(C)CC3(C)C(=O)COC3=O)ncn2)CC(C)N1. The molecule has 0 saturated carbocycles. The molecule has 2 fully saturated rings. The van der Waals surface area contributed by atoms with Gasteiger partial charge in [-0.3, -0.25) is 19.3 Å². The van der Waals surface area contributed by atoms with E-state index < -0.39 is 17.2 Å². The van der Waals surface area contributed by atoms with Gasteiger partial charge in [0.2, 0.25) is 5.91 Å². The van der Waals surface area contributed by atoms with Crippen molar-refractivity contribution in [3.05, 3.63) is 47.5 Å². The summed E-state index contributed by atoms with van der Waals surface area (Å²) >= 11 is 6.12. The molecule has 0 radical (unpaired) electrons. The number of rotatable bonds is 10. The van der Waals surface area contributed by atoms with Crippen LogP contribution in [-0.4, -0.2) is 94.6 Å². The zero-order valence-corrected chi connectivity index (χ0v) is 26.2. The molecule has 4 heterocycles. The Bertz CT molecular complexity index is 1580. The summed E-state index contributed by atoms with van der Waals surface area (Å²) in [6, 6.07) is 7.90. The number of hydrogen-bond acceptors (Lipinski definition) is 12. The summed E-state index contributed by atoms with van der Waals surface area (Å²) in [5.41, 5.74) is -0.769. The molecule has 2 aromatic heterocycles. The smallest absolute Gasteiger partial charge is 0.321 e. The number of carbonyl (C=O) groups excluding carboxylic acids is 3. The first-order valence-electron chi connectivity index (χ1n) is 14.5. The van der Waals surface area contributed by atoms with Gasteiger partial charge in [-0.2, -0.15) is 0 Å². The number of benzene rings is 1. The van der Waals surface area contributed by atoms with Crippen LogP contribution in [0.25, 0.3) is 11.3 Å². The number of ketones is 1. The maximum Gasteiger partial charge on any atom is 0.321 e. The molecular formula is C30H35ClFN9O4. The molecule has 3 atom stereocenters. The van der Waals surface area contributed by atoms with Crippen LogP contribution in [-0.2, 0) is 19.1 Å². The highest BCUT2D eigenvalue weighted by Gasteiger charge is 2.49. The predicted octanol–water partition coefficient (Wildman–Crippen LogP) is 3.05. The number of nitrogens with zero attached hydrogens (tertiary/aromatic N) is 6. The van der Waals surface area contributed by atoms with E-state index in [4.69, 9.17) is 16.3 Å². The van der Waals surface area contributed by atoms with Crippen LogP contribution in [0.4, 0.5) is 27.5 Å². The van der Waals surface area contributed by atoms with Gasteiger partial charge in [0.25, 0.3) is 0 Å². The summed E-state index contributed by atoms with van der Waals surface area (Å²) in [7, 11) is 1.64. The van der Waals surface area contributed by atoms with Crippen LogP contribution in [0.1, 0.15) is 27.2 Å². The fraction of sp³-hybridized carbons (Fsp3) is 0.433. The molecule has 5 rings (SSSR count). The van der Waals surface area contributed by atoms with Crippen LogP contribution >= 0.6 is 11.6 Å². The number of esters is 1. The van der Waals surface area contributed by atoms with Gasteiger partial charge in [-0.1, -0.05) is 11.6 Å². The number of nitrogens with one attached hydrogen (secondary N) is 3.